The number of nitrogen functional groups attached to an aromatic ring is 1. The van der Waals surface area contributed by atoms with Gasteiger partial charge in [-0.2, -0.15) is 13.2 Å². The number of halogens is 3. The van der Waals surface area contributed by atoms with E-state index in [0.717, 1.165) is 31.1 Å². The molecule has 0 aliphatic heterocycles. The van der Waals surface area contributed by atoms with Crippen LogP contribution in [0.1, 0.15) is 52.5 Å². The maximum Gasteiger partial charge on any atom is 0.403 e. The van der Waals surface area contributed by atoms with E-state index >= 15 is 0 Å². The highest BCUT2D eigenvalue weighted by Crippen LogP contribution is 2.32. The van der Waals surface area contributed by atoms with E-state index in [1.807, 2.05) is 0 Å². The number of rotatable bonds is 9. The highest BCUT2D eigenvalue weighted by molar-refractivity contribution is 7.99. The Morgan fingerprint density at radius 3 is 2.70 bits per heavy atom. The van der Waals surface area contributed by atoms with Crippen LogP contribution in [-0.2, 0) is 6.54 Å². The van der Waals surface area contributed by atoms with E-state index in [2.05, 4.69) is 20.1 Å². The van der Waals surface area contributed by atoms with Gasteiger partial charge in [-0.15, -0.1) is 5.10 Å². The Labute approximate surface area is 216 Å². The van der Waals surface area contributed by atoms with Crippen LogP contribution < -0.4 is 15.8 Å². The Morgan fingerprint density at radius 1 is 1.38 bits per heavy atom. The van der Waals surface area contributed by atoms with E-state index in [1.165, 1.54) is 23.5 Å². The average Bonchev–Trinajstić information content (AvgIpc) is 3.15. The van der Waals surface area contributed by atoms with Crippen molar-refractivity contribution in [2.75, 3.05) is 23.8 Å². The largest absolute Gasteiger partial charge is 0.403 e. The third kappa shape index (κ3) is 5.52. The highest BCUT2D eigenvalue weighted by atomic mass is 32.2. The van der Waals surface area contributed by atoms with Crippen molar-refractivity contribution in [3.8, 4) is 11.3 Å². The number of carbonyl (C=O) groups is 2. The number of nitrogens with zero attached hydrogens (tertiary/aromatic N) is 4. The number of aromatic nitrogens is 3. The van der Waals surface area contributed by atoms with Gasteiger partial charge in [0.1, 0.15) is 11.6 Å². The summed E-state index contributed by atoms with van der Waals surface area (Å²) in [5.41, 5.74) is 8.57. The van der Waals surface area contributed by atoms with E-state index < -0.39 is 12.2 Å². The molecule has 1 atom stereocenters. The number of nitrogens with one attached hydrogen (secondary N) is 2. The number of benzene rings is 1. The van der Waals surface area contributed by atoms with E-state index in [4.69, 9.17) is 5.73 Å². The van der Waals surface area contributed by atoms with Gasteiger partial charge in [-0.1, -0.05) is 11.9 Å². The Kier molecular flexibility index (Phi) is 7.64. The van der Waals surface area contributed by atoms with Gasteiger partial charge >= 0.3 is 6.18 Å². The molecule has 2 aromatic heterocycles. The first-order valence-electron chi connectivity index (χ1n) is 11.7. The lowest BCUT2D eigenvalue weighted by atomic mass is 9.93. The Hall–Kier alpha value is -3.32. The topological polar surface area (TPSA) is 118 Å². The summed E-state index contributed by atoms with van der Waals surface area (Å²) in [7, 11) is 1.35. The van der Waals surface area contributed by atoms with Crippen molar-refractivity contribution in [2.24, 2.45) is 0 Å². The maximum absolute atomic E-state index is 13.3. The smallest absolute Gasteiger partial charge is 0.381 e. The zero-order chi connectivity index (χ0) is 26.9. The van der Waals surface area contributed by atoms with Crippen molar-refractivity contribution in [1.29, 1.82) is 0 Å². The van der Waals surface area contributed by atoms with Crippen molar-refractivity contribution in [3.05, 3.63) is 41.1 Å². The number of amides is 1. The zero-order valence-corrected chi connectivity index (χ0v) is 21.4. The van der Waals surface area contributed by atoms with Gasteiger partial charge in [-0.05, 0) is 57.0 Å². The van der Waals surface area contributed by atoms with Crippen molar-refractivity contribution in [3.63, 3.8) is 0 Å². The minimum absolute atomic E-state index is 0.0472. The van der Waals surface area contributed by atoms with E-state index in [0.29, 0.717) is 28.8 Å². The van der Waals surface area contributed by atoms with Gasteiger partial charge in [0.05, 0.1) is 11.4 Å². The molecule has 13 heteroatoms. The molecule has 0 radical (unpaired) electrons. The minimum atomic E-state index is -4.42. The molecule has 1 fully saturated rings. The van der Waals surface area contributed by atoms with Gasteiger partial charge in [0.2, 0.25) is 0 Å². The second-order valence-electron chi connectivity index (χ2n) is 9.10. The maximum atomic E-state index is 13.3. The molecule has 1 unspecified atom stereocenters. The number of hydrogen-bond donors (Lipinski definition) is 3. The molecule has 1 aliphatic rings. The number of hydrogen-bond acceptors (Lipinski definition) is 8. The fraction of sp³-hybridized carbons (Fsp3) is 0.417. The molecule has 0 spiro atoms. The van der Waals surface area contributed by atoms with Gasteiger partial charge in [0.25, 0.3) is 5.91 Å². The van der Waals surface area contributed by atoms with Gasteiger partial charge in [0, 0.05) is 36.2 Å². The summed E-state index contributed by atoms with van der Waals surface area (Å²) in [6.07, 6.45) is 2.45. The zero-order valence-electron chi connectivity index (χ0n) is 20.6. The summed E-state index contributed by atoms with van der Waals surface area (Å²) in [6.45, 7) is 0.948. The van der Waals surface area contributed by atoms with Crippen LogP contribution in [0.25, 0.3) is 16.9 Å². The Morgan fingerprint density at radius 2 is 2.11 bits per heavy atom. The van der Waals surface area contributed by atoms with Gasteiger partial charge in [-0.25, -0.2) is 9.50 Å². The van der Waals surface area contributed by atoms with Crippen molar-refractivity contribution < 1.29 is 22.8 Å². The molecule has 37 heavy (non-hydrogen) atoms. The predicted octanol–water partition coefficient (Wildman–Crippen LogP) is 4.15. The summed E-state index contributed by atoms with van der Waals surface area (Å²) in [5, 5.41) is 7.13. The van der Waals surface area contributed by atoms with E-state index in [9.17, 15) is 22.8 Å². The lowest BCUT2D eigenvalue weighted by molar-refractivity contribution is -0.176. The lowest BCUT2D eigenvalue weighted by Crippen LogP contribution is -2.40. The molecule has 4 rings (SSSR count). The van der Waals surface area contributed by atoms with Crippen molar-refractivity contribution in [2.45, 2.75) is 51.0 Å². The van der Waals surface area contributed by atoms with Crippen molar-refractivity contribution in [1.82, 2.24) is 24.8 Å². The number of carbonyl (C=O) groups excluding carboxylic acids is 2. The average molecular weight is 536 g/mol. The molecule has 1 aliphatic carbocycles. The first-order chi connectivity index (χ1) is 17.5. The molecule has 9 nitrogen and oxygen atoms in total. The van der Waals surface area contributed by atoms with Gasteiger partial charge in [0.15, 0.2) is 17.8 Å². The van der Waals surface area contributed by atoms with Crippen LogP contribution in [0.5, 0.6) is 0 Å². The van der Waals surface area contributed by atoms with Crippen molar-refractivity contribution >= 4 is 41.3 Å². The Bertz CT molecular complexity index is 1320. The number of aldehydes is 1. The van der Waals surface area contributed by atoms with Crippen LogP contribution in [0, 0.1) is 0 Å². The molecule has 0 bridgehead atoms. The summed E-state index contributed by atoms with van der Waals surface area (Å²) in [4.78, 5) is 30.6. The minimum Gasteiger partial charge on any atom is -0.381 e. The summed E-state index contributed by atoms with van der Waals surface area (Å²) < 4.78 is 44.3. The fourth-order valence-electron chi connectivity index (χ4n) is 4.12. The standard InChI is InChI=1S/C24H28F3N7O2S/c1-13(24(25,26)27)33(2)11-15-9-14(10-19(32-37-3)17(15)12-35)18-7-8-34-22(30-18)20(21(28)31-34)23(36)29-16-5-4-6-16/h7-10,12-13,16,32H,4-6,11H2,1-3H3,(H2,28,31)(H,29,36). The van der Waals surface area contributed by atoms with Crippen LogP contribution in [0.4, 0.5) is 24.7 Å². The second kappa shape index (κ2) is 10.6. The molecule has 1 saturated carbocycles. The van der Waals surface area contributed by atoms with Crippen LogP contribution in [0.2, 0.25) is 0 Å². The first kappa shape index (κ1) is 26.7. The summed E-state index contributed by atoms with van der Waals surface area (Å²) in [5.74, 6) is -0.308. The van der Waals surface area contributed by atoms with Gasteiger partial charge in [-0.3, -0.25) is 14.5 Å². The van der Waals surface area contributed by atoms with Crippen LogP contribution >= 0.6 is 11.9 Å². The third-order valence-corrected chi connectivity index (χ3v) is 7.05. The SMILES string of the molecule is CSNc1cc(-c2ccn3nc(N)c(C(=O)NC4CCC4)c3n2)cc(CN(C)C(C)C(F)(F)F)c1C=O. The number of fused-ring (bicyclic) bond motifs is 1. The third-order valence-electron chi connectivity index (χ3n) is 6.63. The monoisotopic (exact) mass is 535 g/mol. The normalized spacial score (nSPS) is 15.0. The molecule has 0 saturated heterocycles. The number of anilines is 2. The van der Waals surface area contributed by atoms with E-state index in [1.54, 1.807) is 30.7 Å². The number of nitrogens with two attached hydrogens (primary N) is 1. The predicted molar refractivity (Wildman–Crippen MR) is 137 cm³/mol. The Balaban J connectivity index is 1.77. The fourth-order valence-corrected chi connectivity index (χ4v) is 4.50. The highest BCUT2D eigenvalue weighted by Gasteiger charge is 2.38. The molecular formula is C24H28F3N7O2S. The van der Waals surface area contributed by atoms with Gasteiger partial charge < -0.3 is 15.8 Å². The molecule has 3 aromatic rings. The quantitative estimate of drug-likeness (QED) is 0.276. The number of alkyl halides is 3. The lowest BCUT2D eigenvalue weighted by Gasteiger charge is -2.27. The second-order valence-corrected chi connectivity index (χ2v) is 9.71. The first-order valence-corrected chi connectivity index (χ1v) is 12.9. The molecule has 1 amide bonds. The van der Waals surface area contributed by atoms with Crippen LogP contribution in [0.3, 0.4) is 0 Å². The van der Waals surface area contributed by atoms with E-state index in [-0.39, 0.29) is 41.1 Å². The molecule has 198 valence electrons. The van der Waals surface area contributed by atoms with Crippen LogP contribution in [0.15, 0.2) is 24.4 Å². The molecular weight excluding hydrogens is 507 g/mol. The van der Waals surface area contributed by atoms with Crippen LogP contribution in [-0.4, -0.2) is 63.3 Å². The summed E-state index contributed by atoms with van der Waals surface area (Å²) >= 11 is 1.25. The molecule has 1 aromatic carbocycles. The molecule has 2 heterocycles. The molecule has 4 N–H and O–H groups in total. The summed E-state index contributed by atoms with van der Waals surface area (Å²) in [6, 6.07) is 3.39.